The van der Waals surface area contributed by atoms with Gasteiger partial charge in [0.2, 0.25) is 16.4 Å². The Morgan fingerprint density at radius 2 is 1.86 bits per heavy atom. The normalized spacial score (nSPS) is 17.9. The number of hydrogen-bond acceptors (Lipinski definition) is 7. The number of halogens is 3. The summed E-state index contributed by atoms with van der Waals surface area (Å²) in [5.41, 5.74) is -0.469. The molecule has 1 fully saturated rings. The highest BCUT2D eigenvalue weighted by atomic mass is 35.5. The summed E-state index contributed by atoms with van der Waals surface area (Å²) < 4.78 is 41.1. The molecule has 36 heavy (non-hydrogen) atoms. The third kappa shape index (κ3) is 7.33. The number of amides is 1. The van der Waals surface area contributed by atoms with Crippen molar-refractivity contribution in [1.82, 2.24) is 24.2 Å². The van der Waals surface area contributed by atoms with E-state index in [1.165, 1.54) is 11.2 Å². The van der Waals surface area contributed by atoms with Gasteiger partial charge in [-0.2, -0.15) is 4.31 Å². The predicted molar refractivity (Wildman–Crippen MR) is 135 cm³/mol. The van der Waals surface area contributed by atoms with Crippen LogP contribution in [0.3, 0.4) is 0 Å². The summed E-state index contributed by atoms with van der Waals surface area (Å²) in [6, 6.07) is 5.38. The maximum atomic E-state index is 13.3. The van der Waals surface area contributed by atoms with Crippen LogP contribution in [0.1, 0.15) is 37.6 Å². The Bertz CT molecular complexity index is 1150. The van der Waals surface area contributed by atoms with E-state index in [4.69, 9.17) is 23.2 Å². The summed E-state index contributed by atoms with van der Waals surface area (Å²) in [5.74, 6) is -1.24. The number of hydroxylamine groups is 2. The van der Waals surface area contributed by atoms with E-state index in [9.17, 15) is 22.8 Å². The second-order valence-corrected chi connectivity index (χ2v) is 12.1. The van der Waals surface area contributed by atoms with Crippen LogP contribution in [-0.2, 0) is 21.2 Å². The van der Waals surface area contributed by atoms with Gasteiger partial charge in [-0.3, -0.25) is 10.0 Å². The number of aromatic nitrogens is 2. The van der Waals surface area contributed by atoms with Gasteiger partial charge in [-0.05, 0) is 37.5 Å². The second-order valence-electron chi connectivity index (χ2n) is 9.29. The highest BCUT2D eigenvalue weighted by Gasteiger charge is 2.41. The molecule has 0 aliphatic carbocycles. The highest BCUT2D eigenvalue weighted by molar-refractivity contribution is 7.89. The SMILES string of the molecule is C[C@@H](C[C@@](C)(CS(=O)(=O)N1CCN(CCc2ccc(Cl)cc2Cl)CC1)N(O)C=O)c1ncc(F)cn1. The number of hydrogen-bond donors (Lipinski definition) is 1. The summed E-state index contributed by atoms with van der Waals surface area (Å²) in [7, 11) is -3.82. The second kappa shape index (κ2) is 12.1. The minimum Gasteiger partial charge on any atom is -0.300 e. The lowest BCUT2D eigenvalue weighted by Crippen LogP contribution is -2.55. The van der Waals surface area contributed by atoms with Crippen molar-refractivity contribution in [3.63, 3.8) is 0 Å². The zero-order valence-electron chi connectivity index (χ0n) is 20.1. The maximum Gasteiger partial charge on any atom is 0.233 e. The lowest BCUT2D eigenvalue weighted by Gasteiger charge is -2.39. The van der Waals surface area contributed by atoms with Gasteiger partial charge >= 0.3 is 0 Å². The first-order valence-electron chi connectivity index (χ1n) is 11.5. The lowest BCUT2D eigenvalue weighted by molar-refractivity contribution is -0.175. The van der Waals surface area contributed by atoms with Crippen LogP contribution >= 0.6 is 23.2 Å². The Hall–Kier alpha value is -1.89. The van der Waals surface area contributed by atoms with Gasteiger partial charge in [-0.25, -0.2) is 27.8 Å². The predicted octanol–water partition coefficient (Wildman–Crippen LogP) is 3.21. The molecule has 1 aliphatic rings. The average Bonchev–Trinajstić information content (AvgIpc) is 2.83. The van der Waals surface area contributed by atoms with Gasteiger partial charge in [-0.1, -0.05) is 36.2 Å². The van der Waals surface area contributed by atoms with Gasteiger partial charge in [0, 0.05) is 48.7 Å². The summed E-state index contributed by atoms with van der Waals surface area (Å²) in [5, 5.41) is 11.9. The van der Waals surface area contributed by atoms with Crippen LogP contribution in [0.25, 0.3) is 0 Å². The Balaban J connectivity index is 1.61. The molecule has 0 spiro atoms. The molecule has 0 bridgehead atoms. The van der Waals surface area contributed by atoms with E-state index >= 15 is 0 Å². The van der Waals surface area contributed by atoms with E-state index < -0.39 is 33.1 Å². The van der Waals surface area contributed by atoms with Crippen LogP contribution in [0.15, 0.2) is 30.6 Å². The van der Waals surface area contributed by atoms with E-state index in [1.54, 1.807) is 19.1 Å². The number of nitrogens with zero attached hydrogens (tertiary/aromatic N) is 5. The molecule has 0 saturated carbocycles. The van der Waals surface area contributed by atoms with Gasteiger partial charge < -0.3 is 4.90 Å². The smallest absolute Gasteiger partial charge is 0.233 e. The molecule has 198 valence electrons. The molecule has 2 heterocycles. The molecule has 1 aromatic carbocycles. The molecular formula is C23H30Cl2FN5O4S. The number of sulfonamides is 1. The first kappa shape index (κ1) is 28.7. The first-order chi connectivity index (χ1) is 16.9. The van der Waals surface area contributed by atoms with Crippen LogP contribution in [0.4, 0.5) is 4.39 Å². The maximum absolute atomic E-state index is 13.3. The molecule has 9 nitrogen and oxygen atoms in total. The number of piperazine rings is 1. The van der Waals surface area contributed by atoms with E-state index in [0.717, 1.165) is 24.5 Å². The molecular weight excluding hydrogens is 532 g/mol. The molecule has 1 amide bonds. The number of carbonyl (C=O) groups is 1. The fourth-order valence-corrected chi connectivity index (χ4v) is 6.83. The quantitative estimate of drug-likeness (QED) is 0.255. The van der Waals surface area contributed by atoms with Crippen LogP contribution in [0.2, 0.25) is 10.0 Å². The topological polar surface area (TPSA) is 107 Å². The van der Waals surface area contributed by atoms with Crippen molar-refractivity contribution in [3.8, 4) is 0 Å². The van der Waals surface area contributed by atoms with Crippen molar-refractivity contribution in [3.05, 3.63) is 57.8 Å². The fourth-order valence-electron chi connectivity index (χ4n) is 4.39. The van der Waals surface area contributed by atoms with Gasteiger partial charge in [0.1, 0.15) is 5.82 Å². The molecule has 2 aromatic rings. The van der Waals surface area contributed by atoms with Crippen molar-refractivity contribution in [2.45, 2.75) is 38.1 Å². The highest BCUT2D eigenvalue weighted by Crippen LogP contribution is 2.30. The van der Waals surface area contributed by atoms with Gasteiger partial charge in [0.25, 0.3) is 0 Å². The van der Waals surface area contributed by atoms with Crippen LogP contribution < -0.4 is 0 Å². The Morgan fingerprint density at radius 3 is 2.44 bits per heavy atom. The molecule has 3 rings (SSSR count). The third-order valence-electron chi connectivity index (χ3n) is 6.41. The van der Waals surface area contributed by atoms with E-state index in [0.29, 0.717) is 34.6 Å². The summed E-state index contributed by atoms with van der Waals surface area (Å²) in [6.07, 6.45) is 2.99. The van der Waals surface area contributed by atoms with Crippen LogP contribution in [0.5, 0.6) is 0 Å². The van der Waals surface area contributed by atoms with Crippen molar-refractivity contribution in [2.75, 3.05) is 38.5 Å². The number of benzene rings is 1. The van der Waals surface area contributed by atoms with Gasteiger partial charge in [0.05, 0.1) is 23.7 Å². The van der Waals surface area contributed by atoms with E-state index in [-0.39, 0.29) is 31.7 Å². The molecule has 13 heteroatoms. The average molecular weight is 562 g/mol. The minimum absolute atomic E-state index is 0.0505. The van der Waals surface area contributed by atoms with Gasteiger partial charge in [-0.15, -0.1) is 0 Å². The number of rotatable bonds is 11. The summed E-state index contributed by atoms with van der Waals surface area (Å²) in [4.78, 5) is 21.4. The molecule has 1 N–H and O–H groups in total. The summed E-state index contributed by atoms with van der Waals surface area (Å²) >= 11 is 12.2. The monoisotopic (exact) mass is 561 g/mol. The molecule has 2 atom stereocenters. The molecule has 1 aliphatic heterocycles. The fraction of sp³-hybridized carbons (Fsp3) is 0.522. The minimum atomic E-state index is -3.82. The Kier molecular flexibility index (Phi) is 9.64. The summed E-state index contributed by atoms with van der Waals surface area (Å²) in [6.45, 7) is 5.59. The van der Waals surface area contributed by atoms with Crippen molar-refractivity contribution < 1.29 is 22.8 Å². The zero-order chi connectivity index (χ0) is 26.5. The van der Waals surface area contributed by atoms with Crippen LogP contribution in [0, 0.1) is 5.82 Å². The molecule has 0 unspecified atom stereocenters. The van der Waals surface area contributed by atoms with Crippen molar-refractivity contribution >= 4 is 39.6 Å². The van der Waals surface area contributed by atoms with Gasteiger partial charge in [0.15, 0.2) is 5.82 Å². The standard InChI is InChI=1S/C23H30Cl2FN5O4S/c1-17(22-27-13-20(26)14-28-22)12-23(2,31(33)16-32)15-36(34,35)30-9-7-29(8-10-30)6-5-18-3-4-19(24)11-21(18)25/h3-4,11,13-14,16-17,33H,5-10,12,15H2,1-2H3/t17-,23-/m0/s1. The van der Waals surface area contributed by atoms with Crippen molar-refractivity contribution in [1.29, 1.82) is 0 Å². The van der Waals surface area contributed by atoms with E-state index in [1.807, 2.05) is 6.07 Å². The Labute approximate surface area is 220 Å². The molecule has 0 radical (unpaired) electrons. The Morgan fingerprint density at radius 1 is 1.22 bits per heavy atom. The van der Waals surface area contributed by atoms with E-state index in [2.05, 4.69) is 14.9 Å². The van der Waals surface area contributed by atoms with Crippen LogP contribution in [-0.4, -0.2) is 88.3 Å². The first-order valence-corrected chi connectivity index (χ1v) is 13.8. The largest absolute Gasteiger partial charge is 0.300 e. The third-order valence-corrected chi connectivity index (χ3v) is 9.14. The lowest BCUT2D eigenvalue weighted by atomic mass is 9.90. The van der Waals surface area contributed by atoms with Crippen molar-refractivity contribution in [2.24, 2.45) is 0 Å². The molecule has 1 aromatic heterocycles. The zero-order valence-corrected chi connectivity index (χ0v) is 22.5. The number of carbonyl (C=O) groups excluding carboxylic acids is 1. The molecule has 1 saturated heterocycles.